The van der Waals surface area contributed by atoms with Crippen molar-refractivity contribution >= 4 is 23.2 Å². The largest absolute Gasteiger partial charge is 0.497 e. The van der Waals surface area contributed by atoms with Crippen molar-refractivity contribution in [2.75, 3.05) is 19.5 Å². The van der Waals surface area contributed by atoms with Gasteiger partial charge in [0.05, 0.1) is 24.9 Å². The fourth-order valence-electron chi connectivity index (χ4n) is 2.20. The van der Waals surface area contributed by atoms with Crippen molar-refractivity contribution in [1.82, 2.24) is 0 Å². The molecule has 0 spiro atoms. The van der Waals surface area contributed by atoms with Gasteiger partial charge in [-0.1, -0.05) is 17.7 Å². The van der Waals surface area contributed by atoms with Crippen LogP contribution in [0, 0.1) is 6.92 Å². The van der Waals surface area contributed by atoms with Gasteiger partial charge in [-0.3, -0.25) is 4.79 Å². The van der Waals surface area contributed by atoms with Gasteiger partial charge in [0.15, 0.2) is 0 Å². The molecule has 2 aromatic rings. The first-order chi connectivity index (χ1) is 11.0. The number of halogens is 1. The molecule has 0 unspecified atom stereocenters. The van der Waals surface area contributed by atoms with Crippen molar-refractivity contribution in [1.29, 1.82) is 0 Å². The van der Waals surface area contributed by atoms with E-state index < -0.39 is 0 Å². The van der Waals surface area contributed by atoms with Crippen molar-refractivity contribution in [2.45, 2.75) is 19.8 Å². The van der Waals surface area contributed by atoms with Crippen LogP contribution in [0.2, 0.25) is 5.02 Å². The van der Waals surface area contributed by atoms with Gasteiger partial charge in [-0.15, -0.1) is 0 Å². The van der Waals surface area contributed by atoms with Crippen LogP contribution in [0.15, 0.2) is 36.4 Å². The number of amides is 1. The molecule has 5 heteroatoms. The van der Waals surface area contributed by atoms with Crippen LogP contribution in [0.25, 0.3) is 0 Å². The van der Waals surface area contributed by atoms with E-state index in [1.54, 1.807) is 20.3 Å². The summed E-state index contributed by atoms with van der Waals surface area (Å²) >= 11 is 6.12. The molecule has 0 aliphatic rings. The zero-order valence-electron chi connectivity index (χ0n) is 13.5. The van der Waals surface area contributed by atoms with E-state index in [4.69, 9.17) is 21.1 Å². The normalized spacial score (nSPS) is 10.3. The number of hydrogen-bond donors (Lipinski definition) is 1. The minimum absolute atomic E-state index is 0.0856. The second kappa shape index (κ2) is 7.88. The predicted molar refractivity (Wildman–Crippen MR) is 92.7 cm³/mol. The third-order valence-corrected chi connectivity index (χ3v) is 3.76. The first kappa shape index (κ1) is 17.2. The molecule has 2 aromatic carbocycles. The fourth-order valence-corrected chi connectivity index (χ4v) is 2.49. The van der Waals surface area contributed by atoms with E-state index in [1.165, 1.54) is 0 Å². The van der Waals surface area contributed by atoms with Crippen molar-refractivity contribution < 1.29 is 14.3 Å². The highest BCUT2D eigenvalue weighted by atomic mass is 35.5. The summed E-state index contributed by atoms with van der Waals surface area (Å²) in [6.45, 7) is 1.95. The maximum atomic E-state index is 12.1. The number of rotatable bonds is 6. The number of methoxy groups -OCH3 is 2. The summed E-state index contributed by atoms with van der Waals surface area (Å²) in [5.41, 5.74) is 2.66. The average molecular weight is 334 g/mol. The highest BCUT2D eigenvalue weighted by molar-refractivity contribution is 6.33. The molecule has 1 N–H and O–H groups in total. The second-order valence-electron chi connectivity index (χ2n) is 5.25. The summed E-state index contributed by atoms with van der Waals surface area (Å²) in [4.78, 5) is 12.1. The van der Waals surface area contributed by atoms with E-state index in [2.05, 4.69) is 5.32 Å². The van der Waals surface area contributed by atoms with Crippen LogP contribution in [0.4, 0.5) is 5.69 Å². The summed E-state index contributed by atoms with van der Waals surface area (Å²) < 4.78 is 10.5. The fraction of sp³-hybridized carbons (Fsp3) is 0.278. The summed E-state index contributed by atoms with van der Waals surface area (Å²) in [7, 11) is 3.20. The standard InChI is InChI=1S/C18H20ClNO3/c1-12-4-6-17(16(19)8-12)20-18(21)7-5-13-9-14(22-2)11-15(10-13)23-3/h4,6,8-11H,5,7H2,1-3H3,(H,20,21). The van der Waals surface area contributed by atoms with Gasteiger partial charge in [0.1, 0.15) is 11.5 Å². The number of hydrogen-bond acceptors (Lipinski definition) is 3. The van der Waals surface area contributed by atoms with Gasteiger partial charge in [-0.25, -0.2) is 0 Å². The molecule has 122 valence electrons. The number of carbonyl (C=O) groups is 1. The molecule has 2 rings (SSSR count). The van der Waals surface area contributed by atoms with Gasteiger partial charge < -0.3 is 14.8 Å². The van der Waals surface area contributed by atoms with Crippen LogP contribution in [0.1, 0.15) is 17.5 Å². The Morgan fingerprint density at radius 2 is 1.74 bits per heavy atom. The molecular weight excluding hydrogens is 314 g/mol. The van der Waals surface area contributed by atoms with Crippen molar-refractivity contribution in [3.05, 3.63) is 52.5 Å². The molecule has 0 saturated carbocycles. The SMILES string of the molecule is COc1cc(CCC(=O)Nc2ccc(C)cc2Cl)cc(OC)c1. The minimum Gasteiger partial charge on any atom is -0.497 e. The number of ether oxygens (including phenoxy) is 2. The highest BCUT2D eigenvalue weighted by Crippen LogP contribution is 2.25. The topological polar surface area (TPSA) is 47.6 Å². The third kappa shape index (κ3) is 4.89. The minimum atomic E-state index is -0.0856. The Labute approximate surface area is 141 Å². The molecule has 0 aromatic heterocycles. The first-order valence-corrected chi connectivity index (χ1v) is 7.67. The Kier molecular flexibility index (Phi) is 5.88. The van der Waals surface area contributed by atoms with Crippen LogP contribution in [-0.4, -0.2) is 20.1 Å². The van der Waals surface area contributed by atoms with E-state index in [1.807, 2.05) is 37.3 Å². The van der Waals surface area contributed by atoms with E-state index in [9.17, 15) is 4.79 Å². The van der Waals surface area contributed by atoms with Crippen LogP contribution >= 0.6 is 11.6 Å². The Hall–Kier alpha value is -2.20. The summed E-state index contributed by atoms with van der Waals surface area (Å²) in [6.07, 6.45) is 0.934. The van der Waals surface area contributed by atoms with Gasteiger partial charge in [0.25, 0.3) is 0 Å². The monoisotopic (exact) mass is 333 g/mol. The summed E-state index contributed by atoms with van der Waals surface area (Å²) in [5.74, 6) is 1.33. The van der Waals surface area contributed by atoms with Gasteiger partial charge in [0.2, 0.25) is 5.91 Å². The molecular formula is C18H20ClNO3. The van der Waals surface area contributed by atoms with Crippen molar-refractivity contribution in [2.24, 2.45) is 0 Å². The molecule has 0 atom stereocenters. The molecule has 0 fully saturated rings. The smallest absolute Gasteiger partial charge is 0.224 e. The lowest BCUT2D eigenvalue weighted by Crippen LogP contribution is -2.12. The van der Waals surface area contributed by atoms with Gasteiger partial charge in [0, 0.05) is 12.5 Å². The number of anilines is 1. The van der Waals surface area contributed by atoms with Crippen LogP contribution < -0.4 is 14.8 Å². The Bertz CT molecular complexity index is 678. The van der Waals surface area contributed by atoms with Gasteiger partial charge in [-0.2, -0.15) is 0 Å². The molecule has 0 heterocycles. The molecule has 23 heavy (non-hydrogen) atoms. The van der Waals surface area contributed by atoms with Crippen LogP contribution in [0.3, 0.4) is 0 Å². The predicted octanol–water partition coefficient (Wildman–Crippen LogP) is 4.24. The molecule has 0 saturated heterocycles. The number of carbonyl (C=O) groups excluding carboxylic acids is 1. The average Bonchev–Trinajstić information content (AvgIpc) is 2.55. The van der Waals surface area contributed by atoms with E-state index in [-0.39, 0.29) is 5.91 Å². The molecule has 0 radical (unpaired) electrons. The van der Waals surface area contributed by atoms with Crippen LogP contribution in [0.5, 0.6) is 11.5 Å². The molecule has 4 nitrogen and oxygen atoms in total. The van der Waals surface area contributed by atoms with Crippen molar-refractivity contribution in [3.63, 3.8) is 0 Å². The molecule has 0 bridgehead atoms. The summed E-state index contributed by atoms with van der Waals surface area (Å²) in [5, 5.41) is 3.37. The highest BCUT2D eigenvalue weighted by Gasteiger charge is 2.08. The quantitative estimate of drug-likeness (QED) is 0.860. The number of benzene rings is 2. The van der Waals surface area contributed by atoms with Gasteiger partial charge in [-0.05, 0) is 48.7 Å². The van der Waals surface area contributed by atoms with E-state index >= 15 is 0 Å². The van der Waals surface area contributed by atoms with E-state index in [0.717, 1.165) is 11.1 Å². The molecule has 0 aliphatic heterocycles. The number of aryl methyl sites for hydroxylation is 2. The third-order valence-electron chi connectivity index (χ3n) is 3.45. The molecule has 0 aliphatic carbocycles. The summed E-state index contributed by atoms with van der Waals surface area (Å²) in [6, 6.07) is 11.1. The second-order valence-corrected chi connectivity index (χ2v) is 5.66. The Morgan fingerprint density at radius 3 is 2.30 bits per heavy atom. The maximum Gasteiger partial charge on any atom is 0.224 e. The van der Waals surface area contributed by atoms with Crippen LogP contribution in [-0.2, 0) is 11.2 Å². The van der Waals surface area contributed by atoms with Crippen molar-refractivity contribution in [3.8, 4) is 11.5 Å². The zero-order valence-corrected chi connectivity index (χ0v) is 14.2. The Morgan fingerprint density at radius 1 is 1.09 bits per heavy atom. The zero-order chi connectivity index (χ0) is 16.8. The number of nitrogens with one attached hydrogen (secondary N) is 1. The lowest BCUT2D eigenvalue weighted by atomic mass is 10.1. The lowest BCUT2D eigenvalue weighted by molar-refractivity contribution is -0.116. The molecule has 1 amide bonds. The van der Waals surface area contributed by atoms with Gasteiger partial charge >= 0.3 is 0 Å². The maximum absolute atomic E-state index is 12.1. The lowest BCUT2D eigenvalue weighted by Gasteiger charge is -2.10. The Balaban J connectivity index is 1.99. The van der Waals surface area contributed by atoms with E-state index in [0.29, 0.717) is 35.1 Å². The first-order valence-electron chi connectivity index (χ1n) is 7.30.